The van der Waals surface area contributed by atoms with Crippen molar-refractivity contribution in [3.05, 3.63) is 101 Å². The van der Waals surface area contributed by atoms with E-state index in [0.717, 1.165) is 33.2 Å². The van der Waals surface area contributed by atoms with Crippen molar-refractivity contribution in [2.75, 3.05) is 14.2 Å². The molecule has 0 bridgehead atoms. The molecule has 1 saturated heterocycles. The van der Waals surface area contributed by atoms with E-state index in [9.17, 15) is 24.9 Å². The Balaban J connectivity index is 1.17. The van der Waals surface area contributed by atoms with Crippen molar-refractivity contribution >= 4 is 22.8 Å². The summed E-state index contributed by atoms with van der Waals surface area (Å²) in [6, 6.07) is 17.5. The Labute approximate surface area is 343 Å². The number of H-pyrrole nitrogens is 1. The summed E-state index contributed by atoms with van der Waals surface area (Å²) >= 11 is 0. The zero-order valence-corrected chi connectivity index (χ0v) is 32.7. The number of aromatic amines is 1. The summed E-state index contributed by atoms with van der Waals surface area (Å²) in [6.07, 6.45) is -5.86. The van der Waals surface area contributed by atoms with Crippen LogP contribution in [0.4, 0.5) is 0 Å². The monoisotopic (exact) mass is 826 g/mol. The number of esters is 1. The van der Waals surface area contributed by atoms with Gasteiger partial charge in [-0.05, 0) is 36.1 Å². The number of ether oxygens (including phenoxy) is 7. The Morgan fingerprint density at radius 2 is 1.82 bits per heavy atom. The van der Waals surface area contributed by atoms with Gasteiger partial charge in [0.05, 0.1) is 31.8 Å². The normalized spacial score (nSPS) is 26.8. The maximum absolute atomic E-state index is 12.5. The van der Waals surface area contributed by atoms with Gasteiger partial charge in [-0.25, -0.2) is 0 Å². The van der Waals surface area contributed by atoms with Gasteiger partial charge in [0, 0.05) is 59.7 Å². The number of carboxylic acids is 1. The summed E-state index contributed by atoms with van der Waals surface area (Å²) in [7, 11) is 3.13. The zero-order chi connectivity index (χ0) is 42.0. The van der Waals surface area contributed by atoms with Crippen LogP contribution in [-0.4, -0.2) is 105 Å². The van der Waals surface area contributed by atoms with Gasteiger partial charge in [-0.1, -0.05) is 36.4 Å². The van der Waals surface area contributed by atoms with E-state index in [1.165, 1.54) is 0 Å². The number of hydrogen-bond donors (Lipinski definition) is 7. The average molecular weight is 827 g/mol. The van der Waals surface area contributed by atoms with Crippen molar-refractivity contribution in [1.82, 2.24) is 9.55 Å². The molecular weight excluding hydrogens is 780 g/mol. The van der Waals surface area contributed by atoms with Crippen molar-refractivity contribution in [3.63, 3.8) is 0 Å². The molecule has 6 heterocycles. The number of benzene rings is 3. The van der Waals surface area contributed by atoms with Gasteiger partial charge in [0.1, 0.15) is 48.4 Å². The number of aliphatic hydroxyl groups is 3. The Kier molecular flexibility index (Phi) is 10.1. The molecule has 316 valence electrons. The molecule has 0 saturated carbocycles. The first kappa shape index (κ1) is 39.6. The molecule has 0 amide bonds. The summed E-state index contributed by atoms with van der Waals surface area (Å²) in [5, 5.41) is 45.4. The van der Waals surface area contributed by atoms with Crippen LogP contribution >= 0.6 is 0 Å². The Morgan fingerprint density at radius 1 is 1.02 bits per heavy atom. The number of fused-ring (bicyclic) bond motifs is 8. The molecule has 0 aliphatic carbocycles. The molecule has 17 heteroatoms. The van der Waals surface area contributed by atoms with E-state index in [1.54, 1.807) is 20.3 Å². The lowest BCUT2D eigenvalue weighted by Crippen LogP contribution is -2.71. The highest BCUT2D eigenvalue weighted by Gasteiger charge is 2.60. The van der Waals surface area contributed by atoms with E-state index in [2.05, 4.69) is 4.98 Å². The Morgan fingerprint density at radius 3 is 2.53 bits per heavy atom. The highest BCUT2D eigenvalue weighted by Crippen LogP contribution is 2.60. The van der Waals surface area contributed by atoms with E-state index in [0.29, 0.717) is 41.5 Å². The van der Waals surface area contributed by atoms with Gasteiger partial charge in [-0.2, -0.15) is 0 Å². The molecule has 1 fully saturated rings. The third kappa shape index (κ3) is 6.67. The molecule has 9 atom stereocenters. The highest BCUT2D eigenvalue weighted by atomic mass is 16.7. The minimum Gasteiger partial charge on any atom is -0.493 e. The van der Waals surface area contributed by atoms with Crippen molar-refractivity contribution in [1.29, 1.82) is 0 Å². The first-order valence-corrected chi connectivity index (χ1v) is 19.6. The molecular formula is C43H46N4O13. The molecule has 5 aromatic rings. The second kappa shape index (κ2) is 15.3. The number of nitrogens with zero attached hydrogens (tertiary/aromatic N) is 1. The summed E-state index contributed by atoms with van der Waals surface area (Å²) in [5.41, 5.74) is 14.8. The SMILES string of the molecule is COc1ccc2c(c1OC)OC1c3c(cc4c(c3Cn3cc5cc[nH]c5c3)CCC3(O)C(O4)OC(C(OC(=O)CC(=O)O)C(N)N)C(O)C3O)OC(Cc3ccccc3)C21. The minimum atomic E-state index is -2.20. The van der Waals surface area contributed by atoms with E-state index in [4.69, 9.17) is 49.7 Å². The van der Waals surface area contributed by atoms with E-state index < -0.39 is 73.0 Å². The van der Waals surface area contributed by atoms with Crippen molar-refractivity contribution in [2.45, 2.75) is 92.8 Å². The predicted molar refractivity (Wildman–Crippen MR) is 211 cm³/mol. The number of rotatable bonds is 11. The third-order valence-electron chi connectivity index (χ3n) is 12.1. The third-order valence-corrected chi connectivity index (χ3v) is 12.1. The van der Waals surface area contributed by atoms with Gasteiger partial charge >= 0.3 is 11.9 Å². The van der Waals surface area contributed by atoms with Gasteiger partial charge in [-0.3, -0.25) is 9.59 Å². The van der Waals surface area contributed by atoms with Gasteiger partial charge in [0.2, 0.25) is 12.0 Å². The van der Waals surface area contributed by atoms with Gasteiger partial charge in [0.25, 0.3) is 0 Å². The van der Waals surface area contributed by atoms with Crippen LogP contribution in [-0.2, 0) is 38.4 Å². The number of nitrogens with one attached hydrogen (secondary N) is 1. The zero-order valence-electron chi connectivity index (χ0n) is 32.7. The molecule has 60 heavy (non-hydrogen) atoms. The number of aliphatic hydroxyl groups excluding tert-OH is 2. The largest absolute Gasteiger partial charge is 0.493 e. The first-order valence-electron chi connectivity index (χ1n) is 19.6. The topological polar surface area (TPSA) is 252 Å². The van der Waals surface area contributed by atoms with Gasteiger partial charge in [-0.15, -0.1) is 0 Å². The summed E-state index contributed by atoms with van der Waals surface area (Å²) in [6.45, 7) is 0.314. The van der Waals surface area contributed by atoms with Crippen LogP contribution in [0, 0.1) is 0 Å². The van der Waals surface area contributed by atoms with Crippen LogP contribution < -0.4 is 35.2 Å². The molecule has 4 aliphatic rings. The van der Waals surface area contributed by atoms with Crippen molar-refractivity contribution < 1.29 is 63.2 Å². The fourth-order valence-corrected chi connectivity index (χ4v) is 9.28. The maximum atomic E-state index is 12.5. The van der Waals surface area contributed by atoms with Crippen LogP contribution in [0.15, 0.2) is 73.2 Å². The number of nitrogens with two attached hydrogens (primary N) is 2. The molecule has 9 rings (SSSR count). The van der Waals surface area contributed by atoms with Gasteiger partial charge < -0.3 is 74.6 Å². The standard InChI is InChI=1S/C43H46N4O13/c1-54-26-9-8-23-32-28(14-20-6-4-3-5-7-20)56-29-15-27-22(24(18-47-17-21-11-13-46-25(21)19-47)33(29)37(32)59-35(23)36(26)55-2)10-12-43(53)40(52)34(51)38(60-42(43)57-27)39(41(44)45)58-31(50)16-30(48)49/h3-9,11,13,15,17,19,28,32,34,37-42,46,51-53H,10,12,14,16,18,44-45H2,1-2H3,(H,48,49). The van der Waals surface area contributed by atoms with Crippen molar-refractivity contribution in [3.8, 4) is 28.7 Å². The second-order valence-corrected chi connectivity index (χ2v) is 15.7. The van der Waals surface area contributed by atoms with Crippen LogP contribution in [0.3, 0.4) is 0 Å². The predicted octanol–water partition coefficient (Wildman–Crippen LogP) is 2.39. The minimum absolute atomic E-state index is 0.143. The second-order valence-electron chi connectivity index (χ2n) is 15.7. The van der Waals surface area contributed by atoms with Crippen LogP contribution in [0.1, 0.15) is 52.7 Å². The molecule has 9 unspecified atom stereocenters. The number of carboxylic acid groups (broad SMARTS) is 1. The fraction of sp³-hybridized carbons (Fsp3) is 0.395. The highest BCUT2D eigenvalue weighted by molar-refractivity contribution is 5.90. The van der Waals surface area contributed by atoms with E-state index in [1.807, 2.05) is 71.7 Å². The number of aromatic nitrogens is 2. The number of hydrogen-bond acceptors (Lipinski definition) is 14. The van der Waals surface area contributed by atoms with Crippen LogP contribution in [0.25, 0.3) is 10.9 Å². The maximum Gasteiger partial charge on any atom is 0.317 e. The van der Waals surface area contributed by atoms with Gasteiger partial charge in [0.15, 0.2) is 23.2 Å². The fourth-order valence-electron chi connectivity index (χ4n) is 9.28. The lowest BCUT2D eigenvalue weighted by atomic mass is 9.78. The Hall–Kier alpha value is -5.82. The molecule has 0 radical (unpaired) electrons. The molecule has 4 aliphatic heterocycles. The molecule has 9 N–H and O–H groups in total. The summed E-state index contributed by atoms with van der Waals surface area (Å²) < 4.78 is 45.6. The van der Waals surface area contributed by atoms with Crippen molar-refractivity contribution in [2.24, 2.45) is 11.5 Å². The quantitative estimate of drug-likeness (QED) is 0.0574. The van der Waals surface area contributed by atoms with E-state index in [-0.39, 0.29) is 24.5 Å². The number of methoxy groups -OCH3 is 2. The molecule has 2 aromatic heterocycles. The number of carbonyl (C=O) groups is 2. The first-order chi connectivity index (χ1) is 28.9. The number of aliphatic carboxylic acids is 1. The average Bonchev–Trinajstić information content (AvgIpc) is 3.91. The summed E-state index contributed by atoms with van der Waals surface area (Å²) in [5.74, 6) is -0.716. The summed E-state index contributed by atoms with van der Waals surface area (Å²) in [4.78, 5) is 26.9. The Bertz CT molecular complexity index is 2410. The lowest BCUT2D eigenvalue weighted by Gasteiger charge is -2.48. The molecule has 3 aromatic carbocycles. The number of carbonyl (C=O) groups excluding carboxylic acids is 1. The molecule has 0 spiro atoms. The van der Waals surface area contributed by atoms with E-state index >= 15 is 0 Å². The van der Waals surface area contributed by atoms with Crippen LogP contribution in [0.2, 0.25) is 0 Å². The lowest BCUT2D eigenvalue weighted by molar-refractivity contribution is -0.329. The van der Waals surface area contributed by atoms with Crippen LogP contribution in [0.5, 0.6) is 28.7 Å². The molecule has 17 nitrogen and oxygen atoms in total. The smallest absolute Gasteiger partial charge is 0.317 e.